The predicted molar refractivity (Wildman–Crippen MR) is 106 cm³/mol. The first-order valence-electron chi connectivity index (χ1n) is 8.56. The van der Waals surface area contributed by atoms with Crippen molar-refractivity contribution in [1.82, 2.24) is 14.6 Å². The van der Waals surface area contributed by atoms with Crippen LogP contribution in [0.5, 0.6) is 0 Å². The van der Waals surface area contributed by atoms with Crippen molar-refractivity contribution in [3.8, 4) is 0 Å². The molecule has 0 aliphatic carbocycles. The lowest BCUT2D eigenvalue weighted by atomic mass is 10.2. The van der Waals surface area contributed by atoms with Gasteiger partial charge in [0.05, 0.1) is 23.3 Å². The van der Waals surface area contributed by atoms with Crippen LogP contribution in [0.2, 0.25) is 0 Å². The molecule has 140 valence electrons. The van der Waals surface area contributed by atoms with Gasteiger partial charge in [0.15, 0.2) is 0 Å². The normalized spacial score (nSPS) is 11.8. The molecule has 0 aliphatic rings. The van der Waals surface area contributed by atoms with E-state index in [1.807, 2.05) is 55.8 Å². The Morgan fingerprint density at radius 2 is 1.70 bits per heavy atom. The van der Waals surface area contributed by atoms with E-state index in [1.165, 1.54) is 6.21 Å². The van der Waals surface area contributed by atoms with E-state index in [1.54, 1.807) is 24.3 Å². The molecule has 3 aromatic rings. The lowest BCUT2D eigenvalue weighted by Crippen LogP contribution is -2.18. The van der Waals surface area contributed by atoms with E-state index >= 15 is 0 Å². The average molecular weight is 382 g/mol. The molecule has 0 aliphatic heterocycles. The van der Waals surface area contributed by atoms with E-state index in [0.29, 0.717) is 6.54 Å². The van der Waals surface area contributed by atoms with Crippen LogP contribution in [0.4, 0.5) is 0 Å². The monoisotopic (exact) mass is 382 g/mol. The van der Waals surface area contributed by atoms with Gasteiger partial charge in [0.2, 0.25) is 0 Å². The molecule has 0 spiro atoms. The van der Waals surface area contributed by atoms with Gasteiger partial charge >= 0.3 is 0 Å². The van der Waals surface area contributed by atoms with E-state index in [0.717, 1.165) is 28.1 Å². The van der Waals surface area contributed by atoms with Crippen LogP contribution in [0.3, 0.4) is 0 Å². The van der Waals surface area contributed by atoms with Crippen LogP contribution >= 0.6 is 0 Å². The van der Waals surface area contributed by atoms with Gasteiger partial charge in [-0.3, -0.25) is 4.68 Å². The number of rotatable bonds is 6. The first-order valence-corrected chi connectivity index (χ1v) is 10.0. The minimum atomic E-state index is -3.69. The Hall–Kier alpha value is -2.93. The van der Waals surface area contributed by atoms with Gasteiger partial charge < -0.3 is 0 Å². The number of nitrogens with zero attached hydrogens (tertiary/aromatic N) is 3. The summed E-state index contributed by atoms with van der Waals surface area (Å²) in [6.45, 7) is 6.38. The first kappa shape index (κ1) is 18.8. The van der Waals surface area contributed by atoms with Crippen molar-refractivity contribution in [1.29, 1.82) is 0 Å². The molecule has 0 unspecified atom stereocenters. The highest BCUT2D eigenvalue weighted by Crippen LogP contribution is 2.13. The third-order valence-corrected chi connectivity index (χ3v) is 5.55. The summed E-state index contributed by atoms with van der Waals surface area (Å²) in [5.41, 5.74) is 4.66. The topological polar surface area (TPSA) is 76.3 Å². The Morgan fingerprint density at radius 1 is 1.04 bits per heavy atom. The number of aromatic nitrogens is 2. The number of aryl methyl sites for hydroxylation is 2. The highest BCUT2D eigenvalue weighted by atomic mass is 32.2. The SMILES string of the molecule is Cc1ccc(S(=O)(=O)NN=Cc2c(C)nn(Cc3ccccc3)c2C)cc1. The molecule has 0 atom stereocenters. The molecular formula is C20H22N4O2S. The molecule has 0 saturated carbocycles. The third kappa shape index (κ3) is 4.43. The highest BCUT2D eigenvalue weighted by molar-refractivity contribution is 7.89. The molecule has 1 N–H and O–H groups in total. The van der Waals surface area contributed by atoms with Crippen LogP contribution in [-0.4, -0.2) is 24.4 Å². The largest absolute Gasteiger partial charge is 0.276 e. The summed E-state index contributed by atoms with van der Waals surface area (Å²) in [4.78, 5) is 2.44. The Balaban J connectivity index is 1.76. The van der Waals surface area contributed by atoms with Gasteiger partial charge in [-0.05, 0) is 38.5 Å². The maximum Gasteiger partial charge on any atom is 0.276 e. The Bertz CT molecular complexity index is 1050. The van der Waals surface area contributed by atoms with Crippen molar-refractivity contribution in [3.63, 3.8) is 0 Å². The van der Waals surface area contributed by atoms with Crippen LogP contribution in [0.1, 0.15) is 28.1 Å². The van der Waals surface area contributed by atoms with Crippen molar-refractivity contribution in [2.75, 3.05) is 0 Å². The molecule has 0 fully saturated rings. The number of sulfonamides is 1. The lowest BCUT2D eigenvalue weighted by Gasteiger charge is -2.05. The van der Waals surface area contributed by atoms with Crippen LogP contribution < -0.4 is 4.83 Å². The molecule has 7 heteroatoms. The van der Waals surface area contributed by atoms with Crippen molar-refractivity contribution in [2.24, 2.45) is 5.10 Å². The van der Waals surface area contributed by atoms with Crippen LogP contribution in [0.15, 0.2) is 64.6 Å². The van der Waals surface area contributed by atoms with E-state index in [9.17, 15) is 8.42 Å². The second-order valence-electron chi connectivity index (χ2n) is 6.39. The Labute approximate surface area is 159 Å². The molecule has 6 nitrogen and oxygen atoms in total. The van der Waals surface area contributed by atoms with Crippen LogP contribution in [-0.2, 0) is 16.6 Å². The average Bonchev–Trinajstić information content (AvgIpc) is 2.90. The van der Waals surface area contributed by atoms with Crippen molar-refractivity contribution in [3.05, 3.63) is 82.7 Å². The zero-order valence-corrected chi connectivity index (χ0v) is 16.4. The first-order chi connectivity index (χ1) is 12.9. The van der Waals surface area contributed by atoms with E-state index < -0.39 is 10.0 Å². The standard InChI is InChI=1S/C20H22N4O2S/c1-15-9-11-19(12-10-15)27(25,26)23-21-13-20-16(2)22-24(17(20)3)14-18-7-5-4-6-8-18/h4-13,23H,14H2,1-3H3. The molecule has 27 heavy (non-hydrogen) atoms. The number of hydrogen-bond donors (Lipinski definition) is 1. The zero-order valence-electron chi connectivity index (χ0n) is 15.5. The van der Waals surface area contributed by atoms with Gasteiger partial charge in [-0.25, -0.2) is 4.83 Å². The zero-order chi connectivity index (χ0) is 19.4. The van der Waals surface area contributed by atoms with Gasteiger partial charge in [0, 0.05) is 11.3 Å². The summed E-state index contributed by atoms with van der Waals surface area (Å²) in [7, 11) is -3.69. The molecule has 0 bridgehead atoms. The molecule has 1 aromatic heterocycles. The minimum absolute atomic E-state index is 0.179. The molecule has 0 amide bonds. The quantitative estimate of drug-likeness (QED) is 0.525. The van der Waals surface area contributed by atoms with Gasteiger partial charge in [-0.1, -0.05) is 48.0 Å². The van der Waals surface area contributed by atoms with Crippen molar-refractivity contribution >= 4 is 16.2 Å². The number of nitrogens with one attached hydrogen (secondary N) is 1. The molecule has 2 aromatic carbocycles. The third-order valence-electron chi connectivity index (χ3n) is 4.31. The molecule has 0 saturated heterocycles. The highest BCUT2D eigenvalue weighted by Gasteiger charge is 2.13. The van der Waals surface area contributed by atoms with E-state index in [-0.39, 0.29) is 4.90 Å². The molecule has 0 radical (unpaired) electrons. The van der Waals surface area contributed by atoms with Gasteiger partial charge in [0.25, 0.3) is 10.0 Å². The summed E-state index contributed by atoms with van der Waals surface area (Å²) < 4.78 is 26.5. The maximum atomic E-state index is 12.3. The second kappa shape index (κ2) is 7.75. The van der Waals surface area contributed by atoms with E-state index in [2.05, 4.69) is 15.0 Å². The maximum absolute atomic E-state index is 12.3. The van der Waals surface area contributed by atoms with Gasteiger partial charge in [0.1, 0.15) is 0 Å². The van der Waals surface area contributed by atoms with Crippen LogP contribution in [0, 0.1) is 20.8 Å². The van der Waals surface area contributed by atoms with Gasteiger partial charge in [-0.2, -0.15) is 18.6 Å². The van der Waals surface area contributed by atoms with E-state index in [4.69, 9.17) is 0 Å². The van der Waals surface area contributed by atoms with Crippen molar-refractivity contribution < 1.29 is 8.42 Å². The smallest absolute Gasteiger partial charge is 0.265 e. The lowest BCUT2D eigenvalue weighted by molar-refractivity contribution is 0.584. The predicted octanol–water partition coefficient (Wildman–Crippen LogP) is 3.17. The fourth-order valence-corrected chi connectivity index (χ4v) is 3.53. The molecular weight excluding hydrogens is 360 g/mol. The summed E-state index contributed by atoms with van der Waals surface area (Å²) >= 11 is 0. The number of hydrogen-bond acceptors (Lipinski definition) is 4. The van der Waals surface area contributed by atoms with Crippen molar-refractivity contribution in [2.45, 2.75) is 32.2 Å². The Morgan fingerprint density at radius 3 is 2.37 bits per heavy atom. The minimum Gasteiger partial charge on any atom is -0.265 e. The van der Waals surface area contributed by atoms with Crippen LogP contribution in [0.25, 0.3) is 0 Å². The summed E-state index contributed by atoms with van der Waals surface area (Å²) in [6.07, 6.45) is 1.50. The summed E-state index contributed by atoms with van der Waals surface area (Å²) in [5, 5.41) is 8.47. The number of benzene rings is 2. The molecule has 3 rings (SSSR count). The fraction of sp³-hybridized carbons (Fsp3) is 0.200. The fourth-order valence-electron chi connectivity index (χ4n) is 2.74. The van der Waals surface area contributed by atoms with Gasteiger partial charge in [-0.15, -0.1) is 0 Å². The second-order valence-corrected chi connectivity index (χ2v) is 8.05. The molecule has 1 heterocycles. The summed E-state index contributed by atoms with van der Waals surface area (Å²) in [5.74, 6) is 0. The Kier molecular flexibility index (Phi) is 5.41. The number of hydrazone groups is 1. The summed E-state index contributed by atoms with van der Waals surface area (Å²) in [6, 6.07) is 16.7.